The molecule has 0 atom stereocenters. The molecule has 0 radical (unpaired) electrons. The van der Waals surface area contributed by atoms with Gasteiger partial charge in [0.05, 0.1) is 40.8 Å². The lowest BCUT2D eigenvalue weighted by Gasteiger charge is -2.09. The van der Waals surface area contributed by atoms with E-state index in [9.17, 15) is 4.79 Å². The highest BCUT2D eigenvalue weighted by atomic mass is 16.1. The number of aryl methyl sites for hydroxylation is 1. The van der Waals surface area contributed by atoms with Crippen LogP contribution in [0, 0.1) is 12.8 Å². The van der Waals surface area contributed by atoms with E-state index < -0.39 is 0 Å². The molecule has 0 unspecified atom stereocenters. The van der Waals surface area contributed by atoms with Gasteiger partial charge >= 0.3 is 0 Å². The van der Waals surface area contributed by atoms with Crippen molar-refractivity contribution < 1.29 is 4.79 Å². The molecule has 0 aliphatic carbocycles. The highest BCUT2D eigenvalue weighted by molar-refractivity contribution is 5.99. The van der Waals surface area contributed by atoms with Crippen LogP contribution in [0.3, 0.4) is 0 Å². The summed E-state index contributed by atoms with van der Waals surface area (Å²) in [6, 6.07) is 16.4. The highest BCUT2D eigenvalue weighted by Crippen LogP contribution is 2.33. The molecule has 8 heteroatoms. The van der Waals surface area contributed by atoms with E-state index in [4.69, 9.17) is 0 Å². The Balaban J connectivity index is 1.41. The van der Waals surface area contributed by atoms with Gasteiger partial charge in [0.2, 0.25) is 5.91 Å². The lowest BCUT2D eigenvalue weighted by atomic mass is 10.0. The Bertz CT molecular complexity index is 1740. The van der Waals surface area contributed by atoms with Crippen molar-refractivity contribution in [2.75, 3.05) is 5.32 Å². The summed E-state index contributed by atoms with van der Waals surface area (Å²) >= 11 is 0. The number of aromatic nitrogens is 6. The van der Waals surface area contributed by atoms with Crippen LogP contribution in [0.4, 0.5) is 5.69 Å². The fourth-order valence-corrected chi connectivity index (χ4v) is 4.40. The van der Waals surface area contributed by atoms with Crippen LogP contribution < -0.4 is 5.32 Å². The summed E-state index contributed by atoms with van der Waals surface area (Å²) in [5, 5.41) is 12.8. The van der Waals surface area contributed by atoms with Crippen LogP contribution in [0.25, 0.3) is 50.0 Å². The number of hydrogen-bond acceptors (Lipinski definition) is 4. The first-order valence-electron chi connectivity index (χ1n) is 11.8. The van der Waals surface area contributed by atoms with Crippen LogP contribution in [0.5, 0.6) is 0 Å². The van der Waals surface area contributed by atoms with Gasteiger partial charge in [0.15, 0.2) is 0 Å². The molecule has 0 aliphatic heterocycles. The van der Waals surface area contributed by atoms with E-state index in [1.54, 1.807) is 12.4 Å². The summed E-state index contributed by atoms with van der Waals surface area (Å²) in [6.45, 7) is 5.71. The summed E-state index contributed by atoms with van der Waals surface area (Å²) in [6.07, 6.45) is 7.31. The maximum Gasteiger partial charge on any atom is 0.226 e. The summed E-state index contributed by atoms with van der Waals surface area (Å²) in [7, 11) is 0. The lowest BCUT2D eigenvalue weighted by molar-refractivity contribution is -0.118. The number of nitrogens with zero attached hydrogens (tertiary/aromatic N) is 4. The number of benzene rings is 2. The molecule has 8 nitrogen and oxygen atoms in total. The topological polar surface area (TPSA) is 104 Å². The number of amides is 1. The molecular weight excluding hydrogens is 450 g/mol. The first-order chi connectivity index (χ1) is 17.5. The smallest absolute Gasteiger partial charge is 0.226 e. The number of pyridine rings is 1. The predicted molar refractivity (Wildman–Crippen MR) is 142 cm³/mol. The Kier molecular flexibility index (Phi) is 5.14. The highest BCUT2D eigenvalue weighted by Gasteiger charge is 2.15. The van der Waals surface area contributed by atoms with E-state index in [1.165, 1.54) is 0 Å². The van der Waals surface area contributed by atoms with Crippen LogP contribution in [-0.4, -0.2) is 35.6 Å². The van der Waals surface area contributed by atoms with Crippen LogP contribution in [0.1, 0.15) is 19.5 Å². The van der Waals surface area contributed by atoms with E-state index in [1.807, 2.05) is 62.1 Å². The second-order valence-electron chi connectivity index (χ2n) is 9.28. The quantitative estimate of drug-likeness (QED) is 0.290. The Labute approximate surface area is 207 Å². The first kappa shape index (κ1) is 21.8. The number of aromatic amines is 2. The SMILES string of the molecule is Cc1cn(-c2cccc3[nH]c(-c4n[nH]c5ccc(-c6cncc(NC(=O)C(C)C)c6)cc45)cc23)cn1. The van der Waals surface area contributed by atoms with Gasteiger partial charge in [-0.2, -0.15) is 5.10 Å². The number of imidazole rings is 1. The minimum atomic E-state index is -0.104. The number of anilines is 1. The number of hydrogen-bond donors (Lipinski definition) is 3. The normalized spacial score (nSPS) is 11.6. The summed E-state index contributed by atoms with van der Waals surface area (Å²) in [4.78, 5) is 24.4. The lowest BCUT2D eigenvalue weighted by Crippen LogP contribution is -2.17. The Morgan fingerprint density at radius 3 is 2.69 bits per heavy atom. The zero-order chi connectivity index (χ0) is 24.8. The van der Waals surface area contributed by atoms with Crippen molar-refractivity contribution in [3.63, 3.8) is 0 Å². The van der Waals surface area contributed by atoms with Gasteiger partial charge in [-0.05, 0) is 48.9 Å². The number of carbonyl (C=O) groups is 1. The summed E-state index contributed by atoms with van der Waals surface area (Å²) < 4.78 is 2.04. The van der Waals surface area contributed by atoms with E-state index in [-0.39, 0.29) is 11.8 Å². The molecular formula is C28H25N7O. The van der Waals surface area contributed by atoms with Crippen molar-refractivity contribution in [3.8, 4) is 28.2 Å². The zero-order valence-electron chi connectivity index (χ0n) is 20.2. The Hall–Kier alpha value is -4.72. The van der Waals surface area contributed by atoms with Gasteiger partial charge in [-0.1, -0.05) is 26.0 Å². The van der Waals surface area contributed by atoms with Crippen LogP contribution in [0.2, 0.25) is 0 Å². The minimum absolute atomic E-state index is 0.0365. The average Bonchev–Trinajstić information content (AvgIpc) is 3.61. The molecule has 6 rings (SSSR count). The van der Waals surface area contributed by atoms with Crippen LogP contribution in [-0.2, 0) is 4.79 Å². The van der Waals surface area contributed by atoms with Crippen molar-refractivity contribution in [1.82, 2.24) is 29.7 Å². The fourth-order valence-electron chi connectivity index (χ4n) is 4.40. The maximum atomic E-state index is 12.1. The standard InChI is InChI=1S/C28H25N7O/c1-16(2)28(36)31-20-9-19(12-29-13-20)18-7-8-24-22(10-18)27(34-33-24)25-11-21-23(32-25)5-4-6-26(21)35-14-17(3)30-15-35/h4-16,32H,1-3H3,(H,31,36)(H,33,34). The van der Waals surface area contributed by atoms with E-state index in [0.717, 1.165) is 55.7 Å². The molecule has 0 bridgehead atoms. The molecule has 0 fully saturated rings. The van der Waals surface area contributed by atoms with Gasteiger partial charge < -0.3 is 14.9 Å². The third-order valence-electron chi connectivity index (χ3n) is 6.31. The molecule has 0 spiro atoms. The number of rotatable bonds is 5. The van der Waals surface area contributed by atoms with Gasteiger partial charge in [-0.3, -0.25) is 14.9 Å². The van der Waals surface area contributed by atoms with E-state index in [0.29, 0.717) is 5.69 Å². The Morgan fingerprint density at radius 2 is 1.89 bits per heavy atom. The summed E-state index contributed by atoms with van der Waals surface area (Å²) in [5.74, 6) is -0.140. The molecule has 2 aromatic carbocycles. The second-order valence-corrected chi connectivity index (χ2v) is 9.28. The molecule has 4 aromatic heterocycles. The predicted octanol–water partition coefficient (Wildman–Crippen LogP) is 5.86. The number of carbonyl (C=O) groups excluding carboxylic acids is 1. The van der Waals surface area contributed by atoms with Gasteiger partial charge in [-0.25, -0.2) is 4.98 Å². The number of H-pyrrole nitrogens is 2. The molecule has 6 aromatic rings. The molecule has 4 heterocycles. The third-order valence-corrected chi connectivity index (χ3v) is 6.31. The number of fused-ring (bicyclic) bond motifs is 2. The monoisotopic (exact) mass is 475 g/mol. The van der Waals surface area contributed by atoms with Crippen molar-refractivity contribution >= 4 is 33.4 Å². The molecule has 1 amide bonds. The van der Waals surface area contributed by atoms with Crippen molar-refractivity contribution in [2.24, 2.45) is 5.92 Å². The first-order valence-corrected chi connectivity index (χ1v) is 11.8. The maximum absolute atomic E-state index is 12.1. The summed E-state index contributed by atoms with van der Waals surface area (Å²) in [5.41, 5.74) is 8.34. The van der Waals surface area contributed by atoms with Crippen molar-refractivity contribution in [1.29, 1.82) is 0 Å². The van der Waals surface area contributed by atoms with E-state index >= 15 is 0 Å². The molecule has 0 saturated carbocycles. The van der Waals surface area contributed by atoms with Crippen molar-refractivity contribution in [2.45, 2.75) is 20.8 Å². The van der Waals surface area contributed by atoms with Gasteiger partial charge in [0, 0.05) is 40.2 Å². The third kappa shape index (κ3) is 3.82. The van der Waals surface area contributed by atoms with E-state index in [2.05, 4.69) is 54.7 Å². The van der Waals surface area contributed by atoms with Crippen molar-refractivity contribution in [3.05, 3.63) is 79.1 Å². The largest absolute Gasteiger partial charge is 0.353 e. The minimum Gasteiger partial charge on any atom is -0.353 e. The molecule has 3 N–H and O–H groups in total. The Morgan fingerprint density at radius 1 is 1.00 bits per heavy atom. The number of nitrogens with one attached hydrogen (secondary N) is 3. The molecule has 0 aliphatic rings. The molecule has 36 heavy (non-hydrogen) atoms. The van der Waals surface area contributed by atoms with Crippen LogP contribution in [0.15, 0.2) is 73.4 Å². The van der Waals surface area contributed by atoms with Gasteiger partial charge in [0.1, 0.15) is 5.69 Å². The second kappa shape index (κ2) is 8.49. The molecule has 178 valence electrons. The van der Waals surface area contributed by atoms with Gasteiger partial charge in [0.25, 0.3) is 0 Å². The fraction of sp³-hybridized carbons (Fsp3) is 0.143. The average molecular weight is 476 g/mol. The molecule has 0 saturated heterocycles. The zero-order valence-corrected chi connectivity index (χ0v) is 20.2. The van der Waals surface area contributed by atoms with Gasteiger partial charge in [-0.15, -0.1) is 0 Å². The van der Waals surface area contributed by atoms with Crippen LogP contribution >= 0.6 is 0 Å².